The molecular weight excluding hydrogens is 208 g/mol. The van der Waals surface area contributed by atoms with E-state index in [9.17, 15) is 9.59 Å². The van der Waals surface area contributed by atoms with Crippen molar-refractivity contribution in [1.82, 2.24) is 10.0 Å². The zero-order valence-corrected chi connectivity index (χ0v) is 9.37. The molecule has 2 rings (SSSR count). The van der Waals surface area contributed by atoms with Crippen LogP contribution in [0.2, 0.25) is 0 Å². The van der Waals surface area contributed by atoms with E-state index in [1.54, 1.807) is 19.9 Å². The highest BCUT2D eigenvalue weighted by Crippen LogP contribution is 2.11. The summed E-state index contributed by atoms with van der Waals surface area (Å²) in [6, 6.07) is 1.78. The Bertz CT molecular complexity index is 473. The van der Waals surface area contributed by atoms with Crippen LogP contribution in [-0.4, -0.2) is 29.1 Å². The number of pyridine rings is 1. The Morgan fingerprint density at radius 2 is 2.25 bits per heavy atom. The van der Waals surface area contributed by atoms with Crippen LogP contribution in [0.3, 0.4) is 0 Å². The normalized spacial score (nSPS) is 15.5. The molecule has 1 aromatic heterocycles. The molecule has 1 aromatic rings. The number of carbonyl (C=O) groups excluding carboxylic acids is 1. The highest BCUT2D eigenvalue weighted by Gasteiger charge is 2.24. The van der Waals surface area contributed by atoms with Crippen LogP contribution in [0.15, 0.2) is 10.9 Å². The van der Waals surface area contributed by atoms with Crippen molar-refractivity contribution in [2.24, 2.45) is 0 Å². The summed E-state index contributed by atoms with van der Waals surface area (Å²) in [6.45, 7) is 4.63. The van der Waals surface area contributed by atoms with Crippen LogP contribution in [0.4, 0.5) is 0 Å². The summed E-state index contributed by atoms with van der Waals surface area (Å²) in [5.41, 5.74) is 1.26. The lowest BCUT2D eigenvalue weighted by Crippen LogP contribution is -2.32. The van der Waals surface area contributed by atoms with E-state index in [1.807, 2.05) is 0 Å². The molecule has 86 valence electrons. The molecule has 0 bridgehead atoms. The summed E-state index contributed by atoms with van der Waals surface area (Å²) in [4.78, 5) is 31.4. The van der Waals surface area contributed by atoms with Gasteiger partial charge in [0.2, 0.25) is 0 Å². The molecule has 0 spiro atoms. The van der Waals surface area contributed by atoms with E-state index in [-0.39, 0.29) is 17.0 Å². The highest BCUT2D eigenvalue weighted by atomic mass is 16.7. The average Bonchev–Trinajstić information content (AvgIpc) is 2.67. The molecule has 0 aromatic carbocycles. The number of aryl methyl sites for hydroxylation is 2. The lowest BCUT2D eigenvalue weighted by atomic mass is 10.1. The molecule has 0 atom stereocenters. The van der Waals surface area contributed by atoms with Crippen molar-refractivity contribution in [2.45, 2.75) is 20.3 Å². The second kappa shape index (κ2) is 4.09. The van der Waals surface area contributed by atoms with Gasteiger partial charge in [-0.2, -0.15) is 0 Å². The summed E-state index contributed by atoms with van der Waals surface area (Å²) in [5.74, 6) is -0.351. The molecule has 0 unspecified atom stereocenters. The highest BCUT2D eigenvalue weighted by molar-refractivity contribution is 5.94. The van der Waals surface area contributed by atoms with Gasteiger partial charge in [0.15, 0.2) is 0 Å². The van der Waals surface area contributed by atoms with Gasteiger partial charge in [-0.05, 0) is 31.9 Å². The molecule has 0 radical (unpaired) electrons. The quantitative estimate of drug-likeness (QED) is 0.763. The van der Waals surface area contributed by atoms with Crippen LogP contribution in [0, 0.1) is 13.8 Å². The average molecular weight is 222 g/mol. The van der Waals surface area contributed by atoms with E-state index in [0.717, 1.165) is 12.1 Å². The number of hydrogen-bond donors (Lipinski definition) is 1. The summed E-state index contributed by atoms with van der Waals surface area (Å²) in [5, 5.41) is 1.26. The standard InChI is InChI=1S/C11H14N2O3/c1-7-6-8(2)12-10(14)9(7)11(15)13-4-3-5-16-13/h6H,3-5H2,1-2H3,(H,12,14). The number of nitrogens with one attached hydrogen (secondary N) is 1. The molecule has 0 aliphatic carbocycles. The predicted octanol–water partition coefficient (Wildman–Crippen LogP) is 0.769. The van der Waals surface area contributed by atoms with Gasteiger partial charge in [-0.15, -0.1) is 0 Å². The van der Waals surface area contributed by atoms with E-state index >= 15 is 0 Å². The molecular formula is C11H14N2O3. The van der Waals surface area contributed by atoms with E-state index < -0.39 is 0 Å². The first kappa shape index (κ1) is 10.9. The molecule has 1 aliphatic rings. The van der Waals surface area contributed by atoms with Gasteiger partial charge >= 0.3 is 0 Å². The molecule has 1 N–H and O–H groups in total. The minimum Gasteiger partial charge on any atom is -0.326 e. The Morgan fingerprint density at radius 1 is 1.50 bits per heavy atom. The van der Waals surface area contributed by atoms with Gasteiger partial charge in [0.1, 0.15) is 5.56 Å². The van der Waals surface area contributed by atoms with Gasteiger partial charge in [-0.3, -0.25) is 14.4 Å². The second-order valence-electron chi connectivity index (χ2n) is 3.93. The van der Waals surface area contributed by atoms with Crippen molar-refractivity contribution < 1.29 is 9.63 Å². The Kier molecular flexibility index (Phi) is 2.78. The fourth-order valence-electron chi connectivity index (χ4n) is 1.85. The van der Waals surface area contributed by atoms with Crippen molar-refractivity contribution in [3.63, 3.8) is 0 Å². The Labute approximate surface area is 93.0 Å². The Morgan fingerprint density at radius 3 is 2.81 bits per heavy atom. The lowest BCUT2D eigenvalue weighted by molar-refractivity contribution is -0.0769. The number of nitrogens with zero attached hydrogens (tertiary/aromatic N) is 1. The van der Waals surface area contributed by atoms with Crippen molar-refractivity contribution in [1.29, 1.82) is 0 Å². The Hall–Kier alpha value is -1.62. The van der Waals surface area contributed by atoms with E-state index in [4.69, 9.17) is 4.84 Å². The minimum absolute atomic E-state index is 0.174. The van der Waals surface area contributed by atoms with E-state index in [1.165, 1.54) is 5.06 Å². The van der Waals surface area contributed by atoms with Crippen molar-refractivity contribution in [2.75, 3.05) is 13.2 Å². The molecule has 1 amide bonds. The molecule has 5 heteroatoms. The predicted molar refractivity (Wildman–Crippen MR) is 58.1 cm³/mol. The maximum Gasteiger partial charge on any atom is 0.283 e. The van der Waals surface area contributed by atoms with Crippen LogP contribution in [0.5, 0.6) is 0 Å². The first-order valence-corrected chi connectivity index (χ1v) is 5.25. The fourth-order valence-corrected chi connectivity index (χ4v) is 1.85. The van der Waals surface area contributed by atoms with Crippen LogP contribution < -0.4 is 5.56 Å². The maximum atomic E-state index is 12.0. The van der Waals surface area contributed by atoms with Gasteiger partial charge in [-0.1, -0.05) is 0 Å². The zero-order chi connectivity index (χ0) is 11.7. The van der Waals surface area contributed by atoms with Gasteiger partial charge in [0.25, 0.3) is 11.5 Å². The van der Waals surface area contributed by atoms with Crippen molar-refractivity contribution in [3.05, 3.63) is 33.2 Å². The monoisotopic (exact) mass is 222 g/mol. The number of hydrogen-bond acceptors (Lipinski definition) is 3. The maximum absolute atomic E-state index is 12.0. The summed E-state index contributed by atoms with van der Waals surface area (Å²) < 4.78 is 0. The number of H-pyrrole nitrogens is 1. The van der Waals surface area contributed by atoms with E-state index in [2.05, 4.69) is 4.98 Å². The summed E-state index contributed by atoms with van der Waals surface area (Å²) in [6.07, 6.45) is 0.814. The van der Waals surface area contributed by atoms with Crippen LogP contribution in [-0.2, 0) is 4.84 Å². The fraction of sp³-hybridized carbons (Fsp3) is 0.455. The van der Waals surface area contributed by atoms with Gasteiger partial charge in [-0.25, -0.2) is 5.06 Å². The van der Waals surface area contributed by atoms with Crippen LogP contribution in [0.1, 0.15) is 28.0 Å². The van der Waals surface area contributed by atoms with Gasteiger partial charge < -0.3 is 4.98 Å². The summed E-state index contributed by atoms with van der Waals surface area (Å²) >= 11 is 0. The topological polar surface area (TPSA) is 62.4 Å². The number of hydroxylamine groups is 2. The minimum atomic E-state index is -0.351. The van der Waals surface area contributed by atoms with Crippen molar-refractivity contribution >= 4 is 5.91 Å². The SMILES string of the molecule is Cc1cc(C)c(C(=O)N2CCCO2)c(=O)[nH]1. The molecule has 0 saturated carbocycles. The van der Waals surface area contributed by atoms with Crippen LogP contribution >= 0.6 is 0 Å². The summed E-state index contributed by atoms with van der Waals surface area (Å²) in [7, 11) is 0. The molecule has 1 aliphatic heterocycles. The molecule has 1 saturated heterocycles. The second-order valence-corrected chi connectivity index (χ2v) is 3.93. The largest absolute Gasteiger partial charge is 0.326 e. The number of aromatic amines is 1. The molecule has 16 heavy (non-hydrogen) atoms. The third-order valence-electron chi connectivity index (χ3n) is 2.56. The third-order valence-corrected chi connectivity index (χ3v) is 2.56. The van der Waals surface area contributed by atoms with Gasteiger partial charge in [0.05, 0.1) is 13.2 Å². The lowest BCUT2D eigenvalue weighted by Gasteiger charge is -2.14. The number of rotatable bonds is 1. The first-order chi connectivity index (χ1) is 7.59. The Balaban J connectivity index is 2.40. The first-order valence-electron chi connectivity index (χ1n) is 5.25. The molecule has 1 fully saturated rings. The third kappa shape index (κ3) is 1.86. The number of carbonyl (C=O) groups is 1. The number of amides is 1. The zero-order valence-electron chi connectivity index (χ0n) is 9.37. The van der Waals surface area contributed by atoms with E-state index in [0.29, 0.717) is 18.7 Å². The molecule has 2 heterocycles. The van der Waals surface area contributed by atoms with Gasteiger partial charge in [0, 0.05) is 5.69 Å². The van der Waals surface area contributed by atoms with Crippen molar-refractivity contribution in [3.8, 4) is 0 Å². The number of aromatic nitrogens is 1. The molecule has 5 nitrogen and oxygen atoms in total. The smallest absolute Gasteiger partial charge is 0.283 e. The van der Waals surface area contributed by atoms with Crippen LogP contribution in [0.25, 0.3) is 0 Å².